The molecule has 0 aliphatic rings. The van der Waals surface area contributed by atoms with E-state index in [1.54, 1.807) is 18.2 Å². The van der Waals surface area contributed by atoms with E-state index < -0.39 is 5.97 Å². The van der Waals surface area contributed by atoms with Crippen LogP contribution < -0.4 is 4.74 Å². The Kier molecular flexibility index (Phi) is 4.32. The highest BCUT2D eigenvalue weighted by Crippen LogP contribution is 2.18. The van der Waals surface area contributed by atoms with Gasteiger partial charge in [0.05, 0.1) is 13.3 Å². The zero-order valence-electron chi connectivity index (χ0n) is 9.14. The zero-order valence-corrected chi connectivity index (χ0v) is 9.14. The monoisotopic (exact) mass is 223 g/mol. The van der Waals surface area contributed by atoms with Gasteiger partial charge in [-0.05, 0) is 36.2 Å². The van der Waals surface area contributed by atoms with Crippen LogP contribution in [-0.4, -0.2) is 31.1 Å². The van der Waals surface area contributed by atoms with Gasteiger partial charge in [0.25, 0.3) is 0 Å². The molecule has 0 amide bonds. The van der Waals surface area contributed by atoms with E-state index in [9.17, 15) is 4.79 Å². The Balaban J connectivity index is 2.71. The molecule has 0 bridgehead atoms. The van der Waals surface area contributed by atoms with Gasteiger partial charge in [-0.2, -0.15) is 0 Å². The maximum absolute atomic E-state index is 10.9. The fourth-order valence-electron chi connectivity index (χ4n) is 1.18. The van der Waals surface area contributed by atoms with Gasteiger partial charge >= 0.3 is 5.97 Å². The minimum absolute atomic E-state index is 0.120. The summed E-state index contributed by atoms with van der Waals surface area (Å²) in [6.07, 6.45) is 1.32. The number of hydrogen-bond donors (Lipinski definition) is 1. The molecule has 5 nitrogen and oxygen atoms in total. The van der Waals surface area contributed by atoms with E-state index in [0.717, 1.165) is 11.1 Å². The van der Waals surface area contributed by atoms with Crippen molar-refractivity contribution in [3.8, 4) is 5.75 Å². The summed E-state index contributed by atoms with van der Waals surface area (Å²) >= 11 is 0. The molecule has 0 spiro atoms. The Hall–Kier alpha value is -2.04. The molecule has 1 N–H and O–H groups in total. The molecule has 1 aromatic carbocycles. The minimum Gasteiger partial charge on any atom is -0.482 e. The average Bonchev–Trinajstić information content (AvgIpc) is 2.28. The number of benzene rings is 1. The Bertz CT molecular complexity index is 401. The molecule has 0 unspecified atom stereocenters. The first-order valence-electron chi connectivity index (χ1n) is 4.65. The van der Waals surface area contributed by atoms with Crippen LogP contribution in [-0.2, 0) is 9.53 Å². The largest absolute Gasteiger partial charge is 0.482 e. The topological polar surface area (TPSA) is 68.1 Å². The van der Waals surface area contributed by atoms with Crippen LogP contribution >= 0.6 is 0 Å². The van der Waals surface area contributed by atoms with Crippen molar-refractivity contribution in [2.75, 3.05) is 13.7 Å². The molecule has 0 aromatic heterocycles. The number of hydrogen-bond acceptors (Lipinski definition) is 5. The predicted molar refractivity (Wildman–Crippen MR) is 58.1 cm³/mol. The lowest BCUT2D eigenvalue weighted by atomic mass is 10.1. The van der Waals surface area contributed by atoms with Crippen molar-refractivity contribution in [2.24, 2.45) is 5.16 Å². The van der Waals surface area contributed by atoms with Gasteiger partial charge in [0.1, 0.15) is 5.75 Å². The second-order valence-corrected chi connectivity index (χ2v) is 3.13. The fraction of sp³-hybridized carbons (Fsp3) is 0.273. The number of carbonyl (C=O) groups excluding carboxylic acids is 1. The molecule has 0 saturated heterocycles. The van der Waals surface area contributed by atoms with E-state index >= 15 is 0 Å². The van der Waals surface area contributed by atoms with Crippen LogP contribution in [0.3, 0.4) is 0 Å². The van der Waals surface area contributed by atoms with Gasteiger partial charge in [-0.3, -0.25) is 0 Å². The van der Waals surface area contributed by atoms with Crippen molar-refractivity contribution < 1.29 is 19.5 Å². The van der Waals surface area contributed by atoms with E-state index in [1.807, 2.05) is 6.92 Å². The highest BCUT2D eigenvalue weighted by Gasteiger charge is 2.04. The molecule has 1 aromatic rings. The first-order chi connectivity index (χ1) is 7.67. The molecule has 0 radical (unpaired) electrons. The van der Waals surface area contributed by atoms with E-state index in [2.05, 4.69) is 9.89 Å². The molecule has 0 heterocycles. The highest BCUT2D eigenvalue weighted by atomic mass is 16.6. The Morgan fingerprint density at radius 2 is 2.31 bits per heavy atom. The van der Waals surface area contributed by atoms with Gasteiger partial charge in [-0.15, -0.1) is 0 Å². The molecular weight excluding hydrogens is 210 g/mol. The van der Waals surface area contributed by atoms with Crippen LogP contribution in [0.15, 0.2) is 23.4 Å². The number of rotatable bonds is 4. The standard InChI is InChI=1S/C11H13NO4/c1-8-5-9(6-12-14)3-4-10(8)16-7-11(13)15-2/h3-6,14H,7H2,1-2H3/b12-6+. The molecule has 5 heteroatoms. The second kappa shape index (κ2) is 5.75. The lowest BCUT2D eigenvalue weighted by molar-refractivity contribution is -0.142. The summed E-state index contributed by atoms with van der Waals surface area (Å²) in [4.78, 5) is 10.9. The second-order valence-electron chi connectivity index (χ2n) is 3.13. The smallest absolute Gasteiger partial charge is 0.343 e. The van der Waals surface area contributed by atoms with Crippen LogP contribution in [0.25, 0.3) is 0 Å². The lowest BCUT2D eigenvalue weighted by Gasteiger charge is -2.08. The van der Waals surface area contributed by atoms with Crippen molar-refractivity contribution in [3.05, 3.63) is 29.3 Å². The third kappa shape index (κ3) is 3.27. The first kappa shape index (κ1) is 12.0. The molecule has 16 heavy (non-hydrogen) atoms. The van der Waals surface area contributed by atoms with Crippen molar-refractivity contribution in [1.29, 1.82) is 0 Å². The molecule has 0 fully saturated rings. The SMILES string of the molecule is COC(=O)COc1ccc(/C=N/O)cc1C. The van der Waals surface area contributed by atoms with E-state index in [4.69, 9.17) is 9.94 Å². The van der Waals surface area contributed by atoms with Gasteiger partial charge in [0, 0.05) is 0 Å². The predicted octanol–water partition coefficient (Wildman–Crippen LogP) is 1.35. The van der Waals surface area contributed by atoms with E-state index in [1.165, 1.54) is 13.3 Å². The third-order valence-corrected chi connectivity index (χ3v) is 1.98. The average molecular weight is 223 g/mol. The molecule has 86 valence electrons. The van der Waals surface area contributed by atoms with Gasteiger partial charge in [-0.25, -0.2) is 4.79 Å². The van der Waals surface area contributed by atoms with E-state index in [0.29, 0.717) is 5.75 Å². The molecule has 1 rings (SSSR count). The van der Waals surface area contributed by atoms with Crippen LogP contribution in [0.4, 0.5) is 0 Å². The maximum Gasteiger partial charge on any atom is 0.343 e. The summed E-state index contributed by atoms with van der Waals surface area (Å²) in [6.45, 7) is 1.71. The summed E-state index contributed by atoms with van der Waals surface area (Å²) in [5, 5.41) is 11.3. The van der Waals surface area contributed by atoms with E-state index in [-0.39, 0.29) is 6.61 Å². The number of aryl methyl sites for hydroxylation is 1. The van der Waals surface area contributed by atoms with Crippen molar-refractivity contribution in [3.63, 3.8) is 0 Å². The quantitative estimate of drug-likeness (QED) is 0.362. The van der Waals surface area contributed by atoms with Gasteiger partial charge in [-0.1, -0.05) is 5.16 Å². The number of oxime groups is 1. The van der Waals surface area contributed by atoms with Gasteiger partial charge in [0.2, 0.25) is 0 Å². The summed E-state index contributed by atoms with van der Waals surface area (Å²) in [6, 6.07) is 5.21. The summed E-state index contributed by atoms with van der Waals surface area (Å²) in [5.41, 5.74) is 1.60. The lowest BCUT2D eigenvalue weighted by Crippen LogP contribution is -2.13. The fourth-order valence-corrected chi connectivity index (χ4v) is 1.18. The summed E-state index contributed by atoms with van der Waals surface area (Å²) in [7, 11) is 1.30. The first-order valence-corrected chi connectivity index (χ1v) is 4.65. The Morgan fingerprint density at radius 3 is 2.88 bits per heavy atom. The number of ether oxygens (including phenoxy) is 2. The van der Waals surface area contributed by atoms with Crippen LogP contribution in [0.1, 0.15) is 11.1 Å². The number of carbonyl (C=O) groups is 1. The number of nitrogens with zero attached hydrogens (tertiary/aromatic N) is 1. The van der Waals surface area contributed by atoms with Crippen molar-refractivity contribution in [1.82, 2.24) is 0 Å². The number of methoxy groups -OCH3 is 1. The summed E-state index contributed by atoms with van der Waals surface area (Å²) in [5.74, 6) is 0.167. The molecular formula is C11H13NO4. The van der Waals surface area contributed by atoms with Crippen LogP contribution in [0.5, 0.6) is 5.75 Å². The Labute approximate surface area is 93.3 Å². The minimum atomic E-state index is -0.430. The van der Waals surface area contributed by atoms with Crippen molar-refractivity contribution in [2.45, 2.75) is 6.92 Å². The molecule has 0 aliphatic carbocycles. The van der Waals surface area contributed by atoms with Gasteiger partial charge in [0.15, 0.2) is 6.61 Å². The van der Waals surface area contributed by atoms with Crippen LogP contribution in [0, 0.1) is 6.92 Å². The normalized spacial score (nSPS) is 10.4. The maximum atomic E-state index is 10.9. The zero-order chi connectivity index (χ0) is 12.0. The van der Waals surface area contributed by atoms with Gasteiger partial charge < -0.3 is 14.7 Å². The molecule has 0 aliphatic heterocycles. The third-order valence-electron chi connectivity index (χ3n) is 1.98. The molecule has 0 saturated carbocycles. The van der Waals surface area contributed by atoms with Crippen molar-refractivity contribution >= 4 is 12.2 Å². The molecule has 0 atom stereocenters. The number of esters is 1. The highest BCUT2D eigenvalue weighted by molar-refractivity contribution is 5.79. The Morgan fingerprint density at radius 1 is 1.56 bits per heavy atom. The van der Waals surface area contributed by atoms with Crippen LogP contribution in [0.2, 0.25) is 0 Å². The summed E-state index contributed by atoms with van der Waals surface area (Å²) < 4.78 is 9.70.